The molecule has 14 nitrogen and oxygen atoms in total. The zero-order valence-electron chi connectivity index (χ0n) is 27.1. The minimum atomic E-state index is -4.35. The van der Waals surface area contributed by atoms with Gasteiger partial charge in [-0.3, -0.25) is 24.5 Å². The van der Waals surface area contributed by atoms with Crippen LogP contribution in [0.4, 0.5) is 5.69 Å². The fourth-order valence-corrected chi connectivity index (χ4v) is 6.66. The normalized spacial score (nSPS) is 18.6. The Morgan fingerprint density at radius 2 is 1.60 bits per heavy atom. The molecule has 48 heavy (non-hydrogen) atoms. The third-order valence-corrected chi connectivity index (χ3v) is 9.22. The standard InChI is InChI=1S/C33H38N4O10S/c1-21(46-20-22-9-7-6-8-10-22)28(31(39)34-19-27(38)47-33(2,3)4)35-32(40)30-29(23-11-15-25(45-5)16-12-23)36(30)48(43,44)26-17-13-24(14-18-26)37(41)42/h6-18,21,28-30H,19-20H2,1-5H3,(H,34,39)(H,35,40)/t21-,28+,29+,30+,36?/m1/s1. The van der Waals surface area contributed by atoms with Crippen molar-refractivity contribution in [3.63, 3.8) is 0 Å². The van der Waals surface area contributed by atoms with Crippen molar-refractivity contribution in [1.29, 1.82) is 0 Å². The molecule has 3 aromatic rings. The van der Waals surface area contributed by atoms with Crippen LogP contribution in [-0.4, -0.2) is 72.9 Å². The van der Waals surface area contributed by atoms with Crippen LogP contribution >= 0.6 is 0 Å². The van der Waals surface area contributed by atoms with E-state index in [-0.39, 0.29) is 17.2 Å². The molecule has 256 valence electrons. The molecular weight excluding hydrogens is 644 g/mol. The van der Waals surface area contributed by atoms with Crippen LogP contribution in [0.15, 0.2) is 83.8 Å². The molecular formula is C33H38N4O10S. The number of carbonyl (C=O) groups is 3. The second-order valence-electron chi connectivity index (χ2n) is 12.0. The Morgan fingerprint density at radius 3 is 2.17 bits per heavy atom. The summed E-state index contributed by atoms with van der Waals surface area (Å²) in [6.45, 7) is 6.24. The van der Waals surface area contributed by atoms with Gasteiger partial charge in [-0.15, -0.1) is 0 Å². The molecule has 0 aliphatic carbocycles. The van der Waals surface area contributed by atoms with Crippen molar-refractivity contribution in [2.45, 2.75) is 69.0 Å². The number of ether oxygens (including phenoxy) is 3. The second kappa shape index (κ2) is 14.9. The minimum absolute atomic E-state index is 0.103. The number of rotatable bonds is 14. The van der Waals surface area contributed by atoms with Crippen molar-refractivity contribution in [1.82, 2.24) is 14.9 Å². The number of benzene rings is 3. The predicted molar refractivity (Wildman–Crippen MR) is 173 cm³/mol. The Morgan fingerprint density at radius 1 is 0.979 bits per heavy atom. The maximum absolute atomic E-state index is 13.9. The first-order chi connectivity index (χ1) is 22.6. The molecule has 1 saturated heterocycles. The first-order valence-electron chi connectivity index (χ1n) is 15.0. The number of nitro groups is 1. The van der Waals surface area contributed by atoms with Gasteiger partial charge in [0.05, 0.1) is 35.7 Å². The second-order valence-corrected chi connectivity index (χ2v) is 13.9. The summed E-state index contributed by atoms with van der Waals surface area (Å²) in [7, 11) is -2.88. The highest BCUT2D eigenvalue weighted by molar-refractivity contribution is 7.89. The maximum Gasteiger partial charge on any atom is 0.325 e. The van der Waals surface area contributed by atoms with Gasteiger partial charge >= 0.3 is 5.97 Å². The predicted octanol–water partition coefficient (Wildman–Crippen LogP) is 3.27. The Balaban J connectivity index is 1.61. The summed E-state index contributed by atoms with van der Waals surface area (Å²) in [5, 5.41) is 16.3. The van der Waals surface area contributed by atoms with E-state index in [0.29, 0.717) is 11.3 Å². The highest BCUT2D eigenvalue weighted by Gasteiger charge is 2.60. The maximum atomic E-state index is 13.9. The Kier molecular flexibility index (Phi) is 11.2. The Bertz CT molecular complexity index is 1730. The van der Waals surface area contributed by atoms with E-state index in [0.717, 1.165) is 34.1 Å². The van der Waals surface area contributed by atoms with Crippen LogP contribution in [0.25, 0.3) is 0 Å². The summed E-state index contributed by atoms with van der Waals surface area (Å²) < 4.78 is 45.0. The lowest BCUT2D eigenvalue weighted by molar-refractivity contribution is -0.384. The quantitative estimate of drug-likeness (QED) is 0.111. The lowest BCUT2D eigenvalue weighted by Gasteiger charge is -2.25. The molecule has 1 aliphatic heterocycles. The van der Waals surface area contributed by atoms with Crippen LogP contribution in [0, 0.1) is 10.1 Å². The lowest BCUT2D eigenvalue weighted by atomic mass is 10.1. The zero-order chi connectivity index (χ0) is 35.2. The molecule has 5 atom stereocenters. The number of non-ortho nitro benzene ring substituents is 1. The number of esters is 1. The van der Waals surface area contributed by atoms with Gasteiger partial charge in [-0.1, -0.05) is 42.5 Å². The van der Waals surface area contributed by atoms with Gasteiger partial charge < -0.3 is 24.8 Å². The van der Waals surface area contributed by atoms with Crippen molar-refractivity contribution >= 4 is 33.5 Å². The molecule has 2 amide bonds. The molecule has 0 spiro atoms. The number of nitrogens with zero attached hydrogens (tertiary/aromatic N) is 2. The van der Waals surface area contributed by atoms with E-state index >= 15 is 0 Å². The van der Waals surface area contributed by atoms with Gasteiger partial charge in [0.2, 0.25) is 21.8 Å². The first kappa shape index (κ1) is 36.0. The van der Waals surface area contributed by atoms with Crippen LogP contribution in [0.5, 0.6) is 5.75 Å². The molecule has 3 aromatic carbocycles. The molecule has 0 bridgehead atoms. The zero-order valence-corrected chi connectivity index (χ0v) is 27.9. The topological polar surface area (TPSA) is 183 Å². The fourth-order valence-electron chi connectivity index (χ4n) is 4.94. The molecule has 0 radical (unpaired) electrons. The van der Waals surface area contributed by atoms with Gasteiger partial charge in [-0.25, -0.2) is 8.42 Å². The van der Waals surface area contributed by atoms with E-state index in [1.165, 1.54) is 7.11 Å². The van der Waals surface area contributed by atoms with Gasteiger partial charge in [0, 0.05) is 12.1 Å². The number of nitro benzene ring substituents is 1. The highest BCUT2D eigenvalue weighted by atomic mass is 32.2. The first-order valence-corrected chi connectivity index (χ1v) is 16.4. The number of methoxy groups -OCH3 is 1. The van der Waals surface area contributed by atoms with Crippen LogP contribution in [0.1, 0.15) is 44.9 Å². The SMILES string of the molecule is COc1ccc([C@H]2[C@@H](C(=O)N[C@H](C(=O)NCC(=O)OC(C)(C)C)[C@@H](C)OCc3ccccc3)N2S(=O)(=O)c2ccc([N+](=O)[O-])cc2)cc1. The van der Waals surface area contributed by atoms with Gasteiger partial charge in [0.25, 0.3) is 5.69 Å². The van der Waals surface area contributed by atoms with E-state index in [1.54, 1.807) is 52.0 Å². The van der Waals surface area contributed by atoms with E-state index in [2.05, 4.69) is 10.6 Å². The van der Waals surface area contributed by atoms with E-state index < -0.39 is 69.1 Å². The van der Waals surface area contributed by atoms with Crippen LogP contribution in [0.2, 0.25) is 0 Å². The van der Waals surface area contributed by atoms with E-state index in [4.69, 9.17) is 14.2 Å². The highest BCUT2D eigenvalue weighted by Crippen LogP contribution is 2.48. The summed E-state index contributed by atoms with van der Waals surface area (Å²) in [5.41, 5.74) is 0.194. The molecule has 1 unspecified atom stereocenters. The monoisotopic (exact) mass is 682 g/mol. The summed E-state index contributed by atoms with van der Waals surface area (Å²) in [5.74, 6) is -1.73. The van der Waals surface area contributed by atoms with Crippen molar-refractivity contribution < 1.29 is 41.9 Å². The number of sulfonamides is 1. The number of hydrogen-bond donors (Lipinski definition) is 2. The van der Waals surface area contributed by atoms with Crippen molar-refractivity contribution in [2.24, 2.45) is 0 Å². The number of hydrogen-bond acceptors (Lipinski definition) is 10. The number of amides is 2. The summed E-state index contributed by atoms with van der Waals surface area (Å²) in [6.07, 6.45) is -0.925. The fraction of sp³-hybridized carbons (Fsp3) is 0.364. The summed E-state index contributed by atoms with van der Waals surface area (Å²) in [6, 6.07) is 16.3. The molecule has 2 N–H and O–H groups in total. The molecule has 1 heterocycles. The number of nitrogens with one attached hydrogen (secondary N) is 2. The molecule has 0 aromatic heterocycles. The average molecular weight is 683 g/mol. The molecule has 15 heteroatoms. The summed E-state index contributed by atoms with van der Waals surface area (Å²) in [4.78, 5) is 49.9. The van der Waals surface area contributed by atoms with Crippen molar-refractivity contribution in [3.05, 3.63) is 100 Å². The molecule has 4 rings (SSSR count). The molecule has 1 aliphatic rings. The van der Waals surface area contributed by atoms with E-state index in [1.807, 2.05) is 30.3 Å². The average Bonchev–Trinajstić information content (AvgIpc) is 3.82. The third kappa shape index (κ3) is 8.93. The van der Waals surface area contributed by atoms with Gasteiger partial charge in [-0.2, -0.15) is 4.31 Å². The van der Waals surface area contributed by atoms with E-state index in [9.17, 15) is 32.9 Å². The van der Waals surface area contributed by atoms with Crippen molar-refractivity contribution in [2.75, 3.05) is 13.7 Å². The number of carbonyl (C=O) groups excluding carboxylic acids is 3. The lowest BCUT2D eigenvalue weighted by Crippen LogP contribution is -2.55. The van der Waals surface area contributed by atoms with Gasteiger partial charge in [0.1, 0.15) is 30.0 Å². The van der Waals surface area contributed by atoms with Crippen LogP contribution < -0.4 is 15.4 Å². The smallest absolute Gasteiger partial charge is 0.325 e. The van der Waals surface area contributed by atoms with Crippen LogP contribution in [0.3, 0.4) is 0 Å². The Labute approximate surface area is 278 Å². The minimum Gasteiger partial charge on any atom is -0.497 e. The van der Waals surface area contributed by atoms with Gasteiger partial charge in [-0.05, 0) is 63.1 Å². The molecule has 1 fully saturated rings. The van der Waals surface area contributed by atoms with Crippen LogP contribution in [-0.2, 0) is 40.5 Å². The largest absolute Gasteiger partial charge is 0.497 e. The summed E-state index contributed by atoms with van der Waals surface area (Å²) >= 11 is 0. The molecule has 0 saturated carbocycles. The Hall–Kier alpha value is -4.86. The third-order valence-electron chi connectivity index (χ3n) is 7.34. The van der Waals surface area contributed by atoms with Crippen molar-refractivity contribution in [3.8, 4) is 5.75 Å². The van der Waals surface area contributed by atoms with Gasteiger partial charge in [0.15, 0.2) is 0 Å².